The van der Waals surface area contributed by atoms with Gasteiger partial charge in [-0.1, -0.05) is 74.3 Å². The molecule has 0 N–H and O–H groups in total. The molecule has 2 unspecified atom stereocenters. The highest BCUT2D eigenvalue weighted by Crippen LogP contribution is 2.38. The molecule has 0 saturated carbocycles. The summed E-state index contributed by atoms with van der Waals surface area (Å²) in [7, 11) is 0. The fourth-order valence-electron chi connectivity index (χ4n) is 2.93. The van der Waals surface area contributed by atoms with Gasteiger partial charge in [-0.05, 0) is 37.3 Å². The third kappa shape index (κ3) is 4.15. The van der Waals surface area contributed by atoms with Crippen LogP contribution in [0, 0.1) is 0 Å². The molecule has 0 bridgehead atoms. The molecule has 2 heteroatoms. The van der Waals surface area contributed by atoms with Crippen LogP contribution in [0.4, 0.5) is 0 Å². The van der Waals surface area contributed by atoms with E-state index in [4.69, 9.17) is 11.5 Å². The van der Waals surface area contributed by atoms with E-state index in [9.17, 15) is 0 Å². The van der Waals surface area contributed by atoms with E-state index in [1.54, 1.807) is 0 Å². The summed E-state index contributed by atoms with van der Waals surface area (Å²) in [6, 6.07) is 0. The Morgan fingerprint density at radius 3 is 1.75 bits per heavy atom. The molecule has 0 aromatic rings. The van der Waals surface area contributed by atoms with E-state index in [1.165, 1.54) is 49.7 Å². The van der Waals surface area contributed by atoms with E-state index < -0.39 is 0 Å². The number of allylic oxidation sites excluding steroid dienone is 8. The summed E-state index contributed by atoms with van der Waals surface area (Å²) >= 11 is 6.70. The molecule has 0 saturated heterocycles. The van der Waals surface area contributed by atoms with Crippen molar-refractivity contribution in [2.45, 2.75) is 64.0 Å². The van der Waals surface area contributed by atoms with Crippen LogP contribution in [0.3, 0.4) is 0 Å². The maximum atomic E-state index is 6.70. The Hall–Kier alpha value is -0.685. The van der Waals surface area contributed by atoms with Gasteiger partial charge in [-0.25, -0.2) is 0 Å². The van der Waals surface area contributed by atoms with Crippen LogP contribution in [0.15, 0.2) is 47.6 Å². The molecule has 0 radical (unpaired) electrons. The van der Waals surface area contributed by atoms with Gasteiger partial charge in [0.05, 0.1) is 0 Å². The normalized spacial score (nSPS) is 24.1. The fraction of sp³-hybridized carbons (Fsp3) is 0.556. The maximum absolute atomic E-state index is 6.70. The summed E-state index contributed by atoms with van der Waals surface area (Å²) in [5.41, 5.74) is 2.94. The summed E-state index contributed by atoms with van der Waals surface area (Å²) in [5.74, 6) is 0.805. The van der Waals surface area contributed by atoms with Crippen LogP contribution < -0.4 is 0 Å². The summed E-state index contributed by atoms with van der Waals surface area (Å²) < 4.78 is 0. The second-order valence-corrected chi connectivity index (χ2v) is 6.51. The molecule has 108 valence electrons. The first-order valence-corrected chi connectivity index (χ1v) is 8.60. The Morgan fingerprint density at radius 1 is 0.900 bits per heavy atom. The maximum Gasteiger partial charge on any atom is 0.272 e. The highest BCUT2D eigenvalue weighted by molar-refractivity contribution is 7.09. The van der Waals surface area contributed by atoms with Crippen LogP contribution in [0.1, 0.15) is 52.4 Å². The number of hydrogen-bond acceptors (Lipinski definition) is 0. The van der Waals surface area contributed by atoms with Gasteiger partial charge in [-0.15, -0.1) is 0 Å². The summed E-state index contributed by atoms with van der Waals surface area (Å²) in [6.45, 7) is 4.49. The number of halogens is 1. The molecular weight excluding hydrogens is 262 g/mol. The van der Waals surface area contributed by atoms with Crippen molar-refractivity contribution in [2.24, 2.45) is 0 Å². The topological polar surface area (TPSA) is 0 Å². The van der Waals surface area contributed by atoms with Crippen molar-refractivity contribution < 1.29 is 0 Å². The van der Waals surface area contributed by atoms with Gasteiger partial charge in [-0.2, -0.15) is 11.5 Å². The molecule has 0 fully saturated rings. The monoisotopic (exact) mass is 288 g/mol. The van der Waals surface area contributed by atoms with Gasteiger partial charge in [-0.3, -0.25) is 0 Å². The Labute approximate surface area is 129 Å². The van der Waals surface area contributed by atoms with Crippen LogP contribution >= 0.6 is 11.5 Å². The summed E-state index contributed by atoms with van der Waals surface area (Å²) in [4.78, 5) is 0. The lowest BCUT2D eigenvalue weighted by Crippen LogP contribution is -2.14. The average molecular weight is 289 g/mol. The second kappa shape index (κ2) is 7.93. The van der Waals surface area contributed by atoms with E-state index in [-0.39, 0.29) is 6.13 Å². The predicted molar refractivity (Wildman–Crippen MR) is 92.6 cm³/mol. The van der Waals surface area contributed by atoms with Gasteiger partial charge in [0.15, 0.2) is 0 Å². The SMILES string of the molecule is CCCCC1=CC(B(Cl)C2C=CC(CCCC)=C2)C=C1. The van der Waals surface area contributed by atoms with Crippen molar-refractivity contribution in [1.82, 2.24) is 0 Å². The molecule has 0 aromatic carbocycles. The van der Waals surface area contributed by atoms with Crippen molar-refractivity contribution >= 4 is 17.6 Å². The van der Waals surface area contributed by atoms with E-state index in [2.05, 4.69) is 50.3 Å². The van der Waals surface area contributed by atoms with Crippen LogP contribution in [-0.4, -0.2) is 6.13 Å². The number of hydrogen-bond donors (Lipinski definition) is 0. The molecule has 0 spiro atoms. The quantitative estimate of drug-likeness (QED) is 0.458. The predicted octanol–water partition coefficient (Wildman–Crippen LogP) is 6.33. The smallest absolute Gasteiger partial charge is 0.194 e. The van der Waals surface area contributed by atoms with Crippen LogP contribution in [0.25, 0.3) is 0 Å². The Morgan fingerprint density at radius 2 is 1.35 bits per heavy atom. The van der Waals surface area contributed by atoms with E-state index in [1.807, 2.05) is 0 Å². The molecule has 0 aromatic heterocycles. The molecule has 2 rings (SSSR count). The Kier molecular flexibility index (Phi) is 6.22. The van der Waals surface area contributed by atoms with E-state index in [0.29, 0.717) is 11.6 Å². The molecule has 2 aliphatic rings. The Balaban J connectivity index is 1.89. The zero-order valence-corrected chi connectivity index (χ0v) is 13.6. The zero-order chi connectivity index (χ0) is 14.4. The average Bonchev–Trinajstić information content (AvgIpc) is 3.11. The Bertz CT molecular complexity index is 391. The number of rotatable bonds is 8. The highest BCUT2D eigenvalue weighted by Gasteiger charge is 2.30. The van der Waals surface area contributed by atoms with Gasteiger partial charge in [0.1, 0.15) is 0 Å². The first-order valence-electron chi connectivity index (χ1n) is 8.16. The first-order chi connectivity index (χ1) is 9.74. The lowest BCUT2D eigenvalue weighted by Gasteiger charge is -2.14. The third-order valence-electron chi connectivity index (χ3n) is 4.25. The van der Waals surface area contributed by atoms with Crippen molar-refractivity contribution in [2.75, 3.05) is 0 Å². The number of unbranched alkanes of at least 4 members (excludes halogenated alkanes) is 2. The minimum Gasteiger partial charge on any atom is -0.194 e. The molecule has 2 aliphatic carbocycles. The molecule has 0 amide bonds. The molecule has 20 heavy (non-hydrogen) atoms. The molecule has 2 atom stereocenters. The molecule has 0 heterocycles. The van der Waals surface area contributed by atoms with Gasteiger partial charge < -0.3 is 0 Å². The van der Waals surface area contributed by atoms with Crippen LogP contribution in [0.2, 0.25) is 11.6 Å². The van der Waals surface area contributed by atoms with Crippen molar-refractivity contribution in [3.8, 4) is 0 Å². The summed E-state index contributed by atoms with van der Waals surface area (Å²) in [6.07, 6.45) is 21.5. The lowest BCUT2D eigenvalue weighted by molar-refractivity contribution is 0.798. The van der Waals surface area contributed by atoms with Crippen molar-refractivity contribution in [3.05, 3.63) is 47.6 Å². The molecule has 0 aliphatic heterocycles. The third-order valence-corrected chi connectivity index (χ3v) is 4.83. The first kappa shape index (κ1) is 15.7. The standard InChI is InChI=1S/C18H26BCl/c1-3-5-7-15-9-11-17(13-15)19(20)18-12-10-16(14-18)8-6-4-2/h9-14,17-18H,3-8H2,1-2H3. The minimum absolute atomic E-state index is 0.167. The van der Waals surface area contributed by atoms with Gasteiger partial charge in [0.2, 0.25) is 0 Å². The largest absolute Gasteiger partial charge is 0.272 e. The van der Waals surface area contributed by atoms with Crippen LogP contribution in [-0.2, 0) is 0 Å². The summed E-state index contributed by atoms with van der Waals surface area (Å²) in [5, 5.41) is 0. The van der Waals surface area contributed by atoms with E-state index in [0.717, 1.165) is 0 Å². The second-order valence-electron chi connectivity index (χ2n) is 6.01. The highest BCUT2D eigenvalue weighted by atomic mass is 35.5. The minimum atomic E-state index is 0.167. The van der Waals surface area contributed by atoms with Gasteiger partial charge in [0, 0.05) is 0 Å². The van der Waals surface area contributed by atoms with Gasteiger partial charge >= 0.3 is 0 Å². The van der Waals surface area contributed by atoms with Crippen molar-refractivity contribution in [3.63, 3.8) is 0 Å². The fourth-order valence-corrected chi connectivity index (χ4v) is 3.25. The van der Waals surface area contributed by atoms with Crippen LogP contribution in [0.5, 0.6) is 0 Å². The van der Waals surface area contributed by atoms with Gasteiger partial charge in [0.25, 0.3) is 6.13 Å². The zero-order valence-electron chi connectivity index (χ0n) is 12.8. The van der Waals surface area contributed by atoms with E-state index >= 15 is 0 Å². The van der Waals surface area contributed by atoms with Crippen molar-refractivity contribution in [1.29, 1.82) is 0 Å². The molecule has 0 nitrogen and oxygen atoms in total. The molecular formula is C18H26BCl. The lowest BCUT2D eigenvalue weighted by atomic mass is 9.54.